The van der Waals surface area contributed by atoms with Gasteiger partial charge in [0.1, 0.15) is 0 Å². The molecule has 3 heteroatoms. The SMILES string of the molecule is CC(=O)OCCCc1cocc1C. The first-order chi connectivity index (χ1) is 6.20. The summed E-state index contributed by atoms with van der Waals surface area (Å²) in [4.78, 5) is 10.4. The fourth-order valence-corrected chi connectivity index (χ4v) is 1.12. The number of carbonyl (C=O) groups is 1. The lowest BCUT2D eigenvalue weighted by Gasteiger charge is -2.00. The van der Waals surface area contributed by atoms with E-state index in [4.69, 9.17) is 9.15 Å². The molecule has 0 atom stereocenters. The molecule has 0 bridgehead atoms. The number of aryl methyl sites for hydroxylation is 2. The Labute approximate surface area is 77.7 Å². The van der Waals surface area contributed by atoms with Crippen LogP contribution in [0.2, 0.25) is 0 Å². The van der Waals surface area contributed by atoms with Crippen LogP contribution in [0.25, 0.3) is 0 Å². The van der Waals surface area contributed by atoms with E-state index >= 15 is 0 Å². The smallest absolute Gasteiger partial charge is 0.302 e. The Balaban J connectivity index is 2.20. The second-order valence-corrected chi connectivity index (χ2v) is 3.02. The fourth-order valence-electron chi connectivity index (χ4n) is 1.12. The van der Waals surface area contributed by atoms with Gasteiger partial charge in [0.25, 0.3) is 0 Å². The Morgan fingerprint density at radius 1 is 1.54 bits per heavy atom. The van der Waals surface area contributed by atoms with Gasteiger partial charge in [-0.05, 0) is 30.9 Å². The molecule has 0 N–H and O–H groups in total. The van der Waals surface area contributed by atoms with Crippen molar-refractivity contribution >= 4 is 5.97 Å². The summed E-state index contributed by atoms with van der Waals surface area (Å²) >= 11 is 0. The van der Waals surface area contributed by atoms with Crippen molar-refractivity contribution in [2.24, 2.45) is 0 Å². The second kappa shape index (κ2) is 4.70. The highest BCUT2D eigenvalue weighted by atomic mass is 16.5. The molecule has 1 heterocycles. The topological polar surface area (TPSA) is 39.4 Å². The van der Waals surface area contributed by atoms with Gasteiger partial charge < -0.3 is 9.15 Å². The van der Waals surface area contributed by atoms with Crippen LogP contribution in [0.1, 0.15) is 24.5 Å². The van der Waals surface area contributed by atoms with E-state index < -0.39 is 0 Å². The Hall–Kier alpha value is -1.25. The molecule has 0 aliphatic heterocycles. The molecule has 1 aromatic heterocycles. The Kier molecular flexibility index (Phi) is 3.55. The molecule has 1 aromatic rings. The Bertz CT molecular complexity index is 275. The van der Waals surface area contributed by atoms with E-state index in [-0.39, 0.29) is 5.97 Å². The molecule has 0 amide bonds. The zero-order chi connectivity index (χ0) is 9.68. The molecule has 0 aromatic carbocycles. The van der Waals surface area contributed by atoms with Crippen molar-refractivity contribution in [2.75, 3.05) is 6.61 Å². The van der Waals surface area contributed by atoms with Crippen LogP contribution in [0.15, 0.2) is 16.9 Å². The van der Waals surface area contributed by atoms with Gasteiger partial charge in [-0.1, -0.05) is 0 Å². The van der Waals surface area contributed by atoms with E-state index in [2.05, 4.69) is 0 Å². The summed E-state index contributed by atoms with van der Waals surface area (Å²) in [5.41, 5.74) is 2.34. The summed E-state index contributed by atoms with van der Waals surface area (Å²) < 4.78 is 9.83. The highest BCUT2D eigenvalue weighted by Gasteiger charge is 2.00. The summed E-state index contributed by atoms with van der Waals surface area (Å²) in [6, 6.07) is 0. The van der Waals surface area contributed by atoms with E-state index in [1.165, 1.54) is 12.5 Å². The summed E-state index contributed by atoms with van der Waals surface area (Å²) in [7, 11) is 0. The van der Waals surface area contributed by atoms with E-state index in [9.17, 15) is 4.79 Å². The molecule has 0 aliphatic rings. The van der Waals surface area contributed by atoms with Gasteiger partial charge in [-0.15, -0.1) is 0 Å². The summed E-state index contributed by atoms with van der Waals surface area (Å²) in [6.07, 6.45) is 5.21. The van der Waals surface area contributed by atoms with Gasteiger partial charge in [-0.2, -0.15) is 0 Å². The minimum Gasteiger partial charge on any atom is -0.472 e. The average Bonchev–Trinajstić information content (AvgIpc) is 2.45. The van der Waals surface area contributed by atoms with E-state index in [1.807, 2.05) is 6.92 Å². The predicted octanol–water partition coefficient (Wildman–Crippen LogP) is 2.08. The maximum Gasteiger partial charge on any atom is 0.302 e. The highest BCUT2D eigenvalue weighted by Crippen LogP contribution is 2.10. The number of hydrogen-bond donors (Lipinski definition) is 0. The number of ether oxygens (including phenoxy) is 1. The van der Waals surface area contributed by atoms with Crippen molar-refractivity contribution < 1.29 is 13.9 Å². The summed E-state index contributed by atoms with van der Waals surface area (Å²) in [5, 5.41) is 0. The van der Waals surface area contributed by atoms with Gasteiger partial charge in [0.05, 0.1) is 19.1 Å². The third-order valence-corrected chi connectivity index (χ3v) is 1.86. The largest absolute Gasteiger partial charge is 0.472 e. The fraction of sp³-hybridized carbons (Fsp3) is 0.500. The van der Waals surface area contributed by atoms with Crippen LogP contribution in [0, 0.1) is 6.92 Å². The van der Waals surface area contributed by atoms with Crippen LogP contribution in [0.3, 0.4) is 0 Å². The summed E-state index contributed by atoms with van der Waals surface area (Å²) in [6.45, 7) is 3.91. The Morgan fingerprint density at radius 2 is 2.31 bits per heavy atom. The highest BCUT2D eigenvalue weighted by molar-refractivity contribution is 5.65. The van der Waals surface area contributed by atoms with Crippen LogP contribution in [0.5, 0.6) is 0 Å². The van der Waals surface area contributed by atoms with E-state index in [0.717, 1.165) is 18.4 Å². The molecule has 0 saturated carbocycles. The molecule has 3 nitrogen and oxygen atoms in total. The number of esters is 1. The molecule has 0 unspecified atom stereocenters. The minimum absolute atomic E-state index is 0.219. The van der Waals surface area contributed by atoms with Gasteiger partial charge in [-0.3, -0.25) is 4.79 Å². The molecular weight excluding hydrogens is 168 g/mol. The zero-order valence-electron chi connectivity index (χ0n) is 8.00. The average molecular weight is 182 g/mol. The van der Waals surface area contributed by atoms with Crippen molar-refractivity contribution in [3.05, 3.63) is 23.7 Å². The molecule has 72 valence electrons. The first-order valence-electron chi connectivity index (χ1n) is 4.35. The molecule has 0 fully saturated rings. The first-order valence-corrected chi connectivity index (χ1v) is 4.35. The van der Waals surface area contributed by atoms with Gasteiger partial charge in [0.15, 0.2) is 0 Å². The normalized spacial score (nSPS) is 10.0. The molecule has 0 radical (unpaired) electrons. The minimum atomic E-state index is -0.219. The van der Waals surface area contributed by atoms with Crippen LogP contribution in [0.4, 0.5) is 0 Å². The molecule has 0 spiro atoms. The van der Waals surface area contributed by atoms with Crippen LogP contribution in [-0.2, 0) is 16.0 Å². The first kappa shape index (κ1) is 9.84. The van der Waals surface area contributed by atoms with Gasteiger partial charge in [0.2, 0.25) is 0 Å². The van der Waals surface area contributed by atoms with Crippen LogP contribution >= 0.6 is 0 Å². The molecule has 0 aliphatic carbocycles. The molecular formula is C10H14O3. The Morgan fingerprint density at radius 3 is 2.85 bits per heavy atom. The quantitative estimate of drug-likeness (QED) is 0.528. The lowest BCUT2D eigenvalue weighted by molar-refractivity contribution is -0.141. The lowest BCUT2D eigenvalue weighted by Crippen LogP contribution is -2.01. The van der Waals surface area contributed by atoms with Crippen molar-refractivity contribution in [1.29, 1.82) is 0 Å². The number of carbonyl (C=O) groups excluding carboxylic acids is 1. The van der Waals surface area contributed by atoms with Crippen molar-refractivity contribution in [2.45, 2.75) is 26.7 Å². The number of hydrogen-bond acceptors (Lipinski definition) is 3. The molecule has 13 heavy (non-hydrogen) atoms. The van der Waals surface area contributed by atoms with Gasteiger partial charge in [-0.25, -0.2) is 0 Å². The monoisotopic (exact) mass is 182 g/mol. The zero-order valence-corrected chi connectivity index (χ0v) is 8.00. The van der Waals surface area contributed by atoms with Crippen LogP contribution < -0.4 is 0 Å². The van der Waals surface area contributed by atoms with Gasteiger partial charge >= 0.3 is 5.97 Å². The van der Waals surface area contributed by atoms with Crippen molar-refractivity contribution in [3.63, 3.8) is 0 Å². The number of rotatable bonds is 4. The third-order valence-electron chi connectivity index (χ3n) is 1.86. The standard InChI is InChI=1S/C10H14O3/c1-8-6-12-7-10(8)4-3-5-13-9(2)11/h6-7H,3-5H2,1-2H3. The van der Waals surface area contributed by atoms with Crippen molar-refractivity contribution in [1.82, 2.24) is 0 Å². The summed E-state index contributed by atoms with van der Waals surface area (Å²) in [5.74, 6) is -0.219. The number of furan rings is 1. The third kappa shape index (κ3) is 3.32. The van der Waals surface area contributed by atoms with E-state index in [1.54, 1.807) is 12.5 Å². The van der Waals surface area contributed by atoms with Crippen molar-refractivity contribution in [3.8, 4) is 0 Å². The second-order valence-electron chi connectivity index (χ2n) is 3.02. The maximum atomic E-state index is 10.4. The van der Waals surface area contributed by atoms with E-state index in [0.29, 0.717) is 6.61 Å². The van der Waals surface area contributed by atoms with Crippen LogP contribution in [-0.4, -0.2) is 12.6 Å². The lowest BCUT2D eigenvalue weighted by atomic mass is 10.1. The molecule has 1 rings (SSSR count). The molecule has 0 saturated heterocycles. The van der Waals surface area contributed by atoms with Gasteiger partial charge in [0, 0.05) is 6.92 Å². The predicted molar refractivity (Wildman–Crippen MR) is 48.4 cm³/mol. The maximum absolute atomic E-state index is 10.4.